The number of esters is 1. The van der Waals surface area contributed by atoms with E-state index in [2.05, 4.69) is 10.3 Å². The van der Waals surface area contributed by atoms with Gasteiger partial charge >= 0.3 is 5.97 Å². The largest absolute Gasteiger partial charge is 0.493 e. The van der Waals surface area contributed by atoms with Gasteiger partial charge in [0.15, 0.2) is 23.8 Å². The number of rotatable bonds is 7. The van der Waals surface area contributed by atoms with Crippen molar-refractivity contribution in [2.45, 2.75) is 6.92 Å². The van der Waals surface area contributed by atoms with E-state index in [1.54, 1.807) is 24.3 Å². The van der Waals surface area contributed by atoms with Gasteiger partial charge in [-0.15, -0.1) is 0 Å². The molecule has 3 rings (SSSR count). The average molecular weight is 398 g/mol. The summed E-state index contributed by atoms with van der Waals surface area (Å²) in [5.74, 6) is -0.516. The lowest BCUT2D eigenvalue weighted by molar-refractivity contribution is -0.130. The van der Waals surface area contributed by atoms with Crippen molar-refractivity contribution in [2.75, 3.05) is 20.3 Å². The lowest BCUT2D eigenvalue weighted by Gasteiger charge is -2.11. The van der Waals surface area contributed by atoms with Gasteiger partial charge in [0.25, 0.3) is 5.91 Å². The summed E-state index contributed by atoms with van der Waals surface area (Å²) in [7, 11) is 1.47. The smallest absolute Gasteiger partial charge is 0.363 e. The minimum atomic E-state index is -0.639. The Labute approximate surface area is 166 Å². The molecule has 0 saturated heterocycles. The predicted molar refractivity (Wildman–Crippen MR) is 104 cm³/mol. The van der Waals surface area contributed by atoms with E-state index in [1.807, 2.05) is 6.92 Å². The molecule has 0 bridgehead atoms. The van der Waals surface area contributed by atoms with Crippen LogP contribution in [0.5, 0.6) is 11.5 Å². The zero-order valence-electron chi connectivity index (χ0n) is 15.9. The Bertz CT molecular complexity index is 1000. The van der Waals surface area contributed by atoms with Crippen molar-refractivity contribution in [3.8, 4) is 11.5 Å². The standard InChI is InChI=1S/C21H19FN2O5/c1-3-23-19(25)12-28-17-8-7-13(10-18(17)27-2)9-16-21(26)29-20(24-16)14-5-4-6-15(22)11-14/h4-11H,3,12H2,1-2H3,(H,23,25). The van der Waals surface area contributed by atoms with Crippen LogP contribution in [0.25, 0.3) is 6.08 Å². The molecule has 2 aromatic carbocycles. The fourth-order valence-electron chi connectivity index (χ4n) is 2.60. The summed E-state index contributed by atoms with van der Waals surface area (Å²) in [5.41, 5.74) is 1.05. The number of cyclic esters (lactones) is 1. The normalized spacial score (nSPS) is 14.4. The van der Waals surface area contributed by atoms with Crippen molar-refractivity contribution in [1.82, 2.24) is 5.32 Å². The van der Waals surface area contributed by atoms with Crippen molar-refractivity contribution >= 4 is 23.9 Å². The maximum Gasteiger partial charge on any atom is 0.363 e. The zero-order valence-corrected chi connectivity index (χ0v) is 15.9. The van der Waals surface area contributed by atoms with Gasteiger partial charge in [0.05, 0.1) is 7.11 Å². The number of nitrogens with zero attached hydrogens (tertiary/aromatic N) is 1. The summed E-state index contributed by atoms with van der Waals surface area (Å²) in [6.45, 7) is 2.19. The average Bonchev–Trinajstić information content (AvgIpc) is 3.07. The summed E-state index contributed by atoms with van der Waals surface area (Å²) in [6, 6.07) is 10.6. The third kappa shape index (κ3) is 4.98. The molecule has 0 fully saturated rings. The number of ether oxygens (including phenoxy) is 3. The molecule has 1 N–H and O–H groups in total. The molecular formula is C21H19FN2O5. The highest BCUT2D eigenvalue weighted by Crippen LogP contribution is 2.29. The molecule has 0 atom stereocenters. The first kappa shape index (κ1) is 20.1. The second-order valence-electron chi connectivity index (χ2n) is 6.00. The first-order chi connectivity index (χ1) is 14.0. The second kappa shape index (κ2) is 9.01. The van der Waals surface area contributed by atoms with Gasteiger partial charge < -0.3 is 19.5 Å². The Balaban J connectivity index is 1.80. The molecule has 0 aliphatic carbocycles. The molecule has 2 aromatic rings. The van der Waals surface area contributed by atoms with E-state index >= 15 is 0 Å². The van der Waals surface area contributed by atoms with Crippen molar-refractivity contribution in [3.63, 3.8) is 0 Å². The molecule has 29 heavy (non-hydrogen) atoms. The third-order valence-electron chi connectivity index (χ3n) is 3.92. The fourth-order valence-corrected chi connectivity index (χ4v) is 2.60. The molecule has 8 heteroatoms. The predicted octanol–water partition coefficient (Wildman–Crippen LogP) is 2.69. The lowest BCUT2D eigenvalue weighted by Crippen LogP contribution is -2.28. The Morgan fingerprint density at radius 1 is 1.24 bits per heavy atom. The summed E-state index contributed by atoms with van der Waals surface area (Å²) in [4.78, 5) is 27.8. The van der Waals surface area contributed by atoms with Gasteiger partial charge in [-0.1, -0.05) is 12.1 Å². The molecule has 0 unspecified atom stereocenters. The first-order valence-corrected chi connectivity index (χ1v) is 8.86. The molecule has 0 radical (unpaired) electrons. The highest BCUT2D eigenvalue weighted by molar-refractivity contribution is 6.12. The summed E-state index contributed by atoms with van der Waals surface area (Å²) >= 11 is 0. The van der Waals surface area contributed by atoms with Gasteiger partial charge in [-0.3, -0.25) is 4.79 Å². The maximum absolute atomic E-state index is 13.4. The molecule has 1 aliphatic heterocycles. The minimum Gasteiger partial charge on any atom is -0.493 e. The Morgan fingerprint density at radius 3 is 2.79 bits per heavy atom. The Hall–Kier alpha value is -3.68. The molecule has 1 aliphatic rings. The number of likely N-dealkylation sites (N-methyl/N-ethyl adjacent to an activating group) is 1. The molecule has 1 heterocycles. The SMILES string of the molecule is CCNC(=O)COc1ccc(C=C2N=C(c3cccc(F)c3)OC2=O)cc1OC. The number of carbonyl (C=O) groups is 2. The van der Waals surface area contributed by atoms with E-state index < -0.39 is 11.8 Å². The quantitative estimate of drug-likeness (QED) is 0.573. The highest BCUT2D eigenvalue weighted by atomic mass is 19.1. The Kier molecular flexibility index (Phi) is 6.23. The van der Waals surface area contributed by atoms with Crippen LogP contribution in [0.15, 0.2) is 53.2 Å². The van der Waals surface area contributed by atoms with E-state index in [4.69, 9.17) is 14.2 Å². The summed E-state index contributed by atoms with van der Waals surface area (Å²) < 4.78 is 29.3. The topological polar surface area (TPSA) is 86.2 Å². The van der Waals surface area contributed by atoms with Gasteiger partial charge in [0.1, 0.15) is 5.82 Å². The minimum absolute atomic E-state index is 0.0367. The number of carbonyl (C=O) groups excluding carboxylic acids is 2. The van der Waals surface area contributed by atoms with E-state index in [9.17, 15) is 14.0 Å². The number of hydrogen-bond donors (Lipinski definition) is 1. The Morgan fingerprint density at radius 2 is 2.07 bits per heavy atom. The van der Waals surface area contributed by atoms with Crippen LogP contribution < -0.4 is 14.8 Å². The van der Waals surface area contributed by atoms with Gasteiger partial charge in [-0.25, -0.2) is 14.2 Å². The van der Waals surface area contributed by atoms with E-state index in [0.29, 0.717) is 29.2 Å². The molecule has 0 saturated carbocycles. The van der Waals surface area contributed by atoms with Crippen LogP contribution in [-0.2, 0) is 14.3 Å². The maximum atomic E-state index is 13.4. The number of nitrogens with one attached hydrogen (secondary N) is 1. The number of hydrogen-bond acceptors (Lipinski definition) is 6. The number of benzene rings is 2. The highest BCUT2D eigenvalue weighted by Gasteiger charge is 2.24. The molecule has 0 spiro atoms. The lowest BCUT2D eigenvalue weighted by atomic mass is 10.1. The first-order valence-electron chi connectivity index (χ1n) is 8.86. The van der Waals surface area contributed by atoms with Crippen LogP contribution in [0.4, 0.5) is 4.39 Å². The third-order valence-corrected chi connectivity index (χ3v) is 3.92. The fraction of sp³-hybridized carbons (Fsp3) is 0.190. The van der Waals surface area contributed by atoms with Crippen LogP contribution in [-0.4, -0.2) is 38.0 Å². The van der Waals surface area contributed by atoms with Crippen molar-refractivity contribution in [3.05, 3.63) is 65.1 Å². The van der Waals surface area contributed by atoms with Crippen molar-refractivity contribution < 1.29 is 28.2 Å². The van der Waals surface area contributed by atoms with Crippen LogP contribution in [0, 0.1) is 5.82 Å². The van der Waals surface area contributed by atoms with Crippen LogP contribution >= 0.6 is 0 Å². The van der Waals surface area contributed by atoms with Crippen molar-refractivity contribution in [2.24, 2.45) is 4.99 Å². The van der Waals surface area contributed by atoms with Crippen LogP contribution in [0.3, 0.4) is 0 Å². The molecule has 7 nitrogen and oxygen atoms in total. The zero-order chi connectivity index (χ0) is 20.8. The molecular weight excluding hydrogens is 379 g/mol. The van der Waals surface area contributed by atoms with Gasteiger partial charge in [-0.2, -0.15) is 0 Å². The van der Waals surface area contributed by atoms with Crippen LogP contribution in [0.1, 0.15) is 18.1 Å². The van der Waals surface area contributed by atoms with E-state index in [1.165, 1.54) is 31.4 Å². The van der Waals surface area contributed by atoms with E-state index in [0.717, 1.165) is 0 Å². The summed E-state index contributed by atoms with van der Waals surface area (Å²) in [5, 5.41) is 2.63. The number of aliphatic imine (C=N–C) groups is 1. The summed E-state index contributed by atoms with van der Waals surface area (Å²) in [6.07, 6.45) is 1.52. The van der Waals surface area contributed by atoms with Gasteiger partial charge in [0.2, 0.25) is 5.90 Å². The van der Waals surface area contributed by atoms with E-state index in [-0.39, 0.29) is 24.1 Å². The number of methoxy groups -OCH3 is 1. The molecule has 150 valence electrons. The molecule has 0 aromatic heterocycles. The monoisotopic (exact) mass is 398 g/mol. The molecule has 1 amide bonds. The number of halogens is 1. The van der Waals surface area contributed by atoms with Crippen molar-refractivity contribution in [1.29, 1.82) is 0 Å². The number of amides is 1. The van der Waals surface area contributed by atoms with Gasteiger partial charge in [-0.05, 0) is 48.9 Å². The van der Waals surface area contributed by atoms with Crippen LogP contribution in [0.2, 0.25) is 0 Å². The second-order valence-corrected chi connectivity index (χ2v) is 6.00. The van der Waals surface area contributed by atoms with Gasteiger partial charge in [0, 0.05) is 12.1 Å².